The number of primary amides is 1. The molecule has 0 aliphatic carbocycles. The van der Waals surface area contributed by atoms with Crippen LogP contribution in [0.25, 0.3) is 5.69 Å². The van der Waals surface area contributed by atoms with Crippen molar-refractivity contribution in [3.63, 3.8) is 0 Å². The summed E-state index contributed by atoms with van der Waals surface area (Å²) < 4.78 is 6.71. The van der Waals surface area contributed by atoms with Crippen molar-refractivity contribution >= 4 is 11.7 Å². The molecule has 112 valence electrons. The van der Waals surface area contributed by atoms with Gasteiger partial charge in [-0.1, -0.05) is 26.8 Å². The molecule has 0 bridgehead atoms. The van der Waals surface area contributed by atoms with Crippen molar-refractivity contribution in [2.75, 3.05) is 12.8 Å². The molecule has 0 saturated carbocycles. The quantitative estimate of drug-likeness (QED) is 0.901. The number of nitrogen functional groups attached to an aromatic ring is 1. The van der Waals surface area contributed by atoms with Gasteiger partial charge in [0.15, 0.2) is 0 Å². The van der Waals surface area contributed by atoms with Gasteiger partial charge in [0.1, 0.15) is 17.1 Å². The minimum absolute atomic E-state index is 0.237. The van der Waals surface area contributed by atoms with E-state index in [0.29, 0.717) is 17.1 Å². The van der Waals surface area contributed by atoms with Crippen LogP contribution < -0.4 is 16.2 Å². The maximum atomic E-state index is 11.7. The lowest BCUT2D eigenvalue weighted by molar-refractivity contribution is 0.0999. The fourth-order valence-corrected chi connectivity index (χ4v) is 2.14. The number of amides is 1. The molecular weight excluding hydrogens is 268 g/mol. The number of hydrogen-bond donors (Lipinski definition) is 2. The molecule has 1 amide bonds. The predicted octanol–water partition coefficient (Wildman–Crippen LogP) is 1.86. The first-order valence-corrected chi connectivity index (χ1v) is 6.59. The number of ether oxygens (including phenoxy) is 1. The smallest absolute Gasteiger partial charge is 0.254 e. The molecule has 2 rings (SSSR count). The highest BCUT2D eigenvalue weighted by molar-refractivity contribution is 5.99. The Hall–Kier alpha value is -2.50. The molecular formula is C15H20N4O2. The molecule has 0 fully saturated rings. The van der Waals surface area contributed by atoms with Crippen LogP contribution in [0.4, 0.5) is 5.82 Å². The number of rotatable bonds is 3. The van der Waals surface area contributed by atoms with E-state index in [9.17, 15) is 4.79 Å². The van der Waals surface area contributed by atoms with Gasteiger partial charge in [-0.2, -0.15) is 5.10 Å². The molecule has 0 saturated heterocycles. The van der Waals surface area contributed by atoms with Crippen molar-refractivity contribution in [3.8, 4) is 11.4 Å². The molecule has 0 aliphatic heterocycles. The zero-order chi connectivity index (χ0) is 15.8. The molecule has 1 heterocycles. The summed E-state index contributed by atoms with van der Waals surface area (Å²) in [7, 11) is 1.58. The van der Waals surface area contributed by atoms with Gasteiger partial charge in [0.05, 0.1) is 18.5 Å². The first-order valence-electron chi connectivity index (χ1n) is 6.59. The fourth-order valence-electron chi connectivity index (χ4n) is 2.14. The summed E-state index contributed by atoms with van der Waals surface area (Å²) in [6.45, 7) is 5.87. The van der Waals surface area contributed by atoms with E-state index in [1.165, 1.54) is 4.68 Å². The van der Waals surface area contributed by atoms with Crippen LogP contribution in [-0.2, 0) is 5.41 Å². The number of nitrogens with zero attached hydrogens (tertiary/aromatic N) is 2. The van der Waals surface area contributed by atoms with Gasteiger partial charge in [0, 0.05) is 11.5 Å². The normalized spacial score (nSPS) is 11.4. The first-order chi connectivity index (χ1) is 9.75. The van der Waals surface area contributed by atoms with Gasteiger partial charge < -0.3 is 16.2 Å². The predicted molar refractivity (Wildman–Crippen MR) is 81.7 cm³/mol. The van der Waals surface area contributed by atoms with Crippen molar-refractivity contribution in [2.24, 2.45) is 5.73 Å². The van der Waals surface area contributed by atoms with Gasteiger partial charge in [0.2, 0.25) is 0 Å². The number of carbonyl (C=O) groups is 1. The lowest BCUT2D eigenvalue weighted by Gasteiger charge is -2.16. The van der Waals surface area contributed by atoms with E-state index < -0.39 is 5.91 Å². The summed E-state index contributed by atoms with van der Waals surface area (Å²) >= 11 is 0. The summed E-state index contributed by atoms with van der Waals surface area (Å²) in [6.07, 6.45) is 0. The Morgan fingerprint density at radius 3 is 2.48 bits per heavy atom. The maximum Gasteiger partial charge on any atom is 0.254 e. The average Bonchev–Trinajstić information content (AvgIpc) is 2.76. The SMILES string of the molecule is COc1cccc(-n2nc(C(C)(C)C)c(C(N)=O)c2N)c1. The van der Waals surface area contributed by atoms with Crippen molar-refractivity contribution in [1.29, 1.82) is 0 Å². The molecule has 0 radical (unpaired) electrons. The van der Waals surface area contributed by atoms with Gasteiger partial charge >= 0.3 is 0 Å². The van der Waals surface area contributed by atoms with Gasteiger partial charge in [-0.3, -0.25) is 4.79 Å². The molecule has 0 unspecified atom stereocenters. The highest BCUT2D eigenvalue weighted by Gasteiger charge is 2.29. The lowest BCUT2D eigenvalue weighted by atomic mass is 9.89. The first kappa shape index (κ1) is 14.9. The topological polar surface area (TPSA) is 96.2 Å². The monoisotopic (exact) mass is 288 g/mol. The number of benzene rings is 1. The van der Waals surface area contributed by atoms with Crippen molar-refractivity contribution < 1.29 is 9.53 Å². The third-order valence-electron chi connectivity index (χ3n) is 3.18. The summed E-state index contributed by atoms with van der Waals surface area (Å²) in [5.41, 5.74) is 12.8. The molecule has 0 atom stereocenters. The van der Waals surface area contributed by atoms with E-state index >= 15 is 0 Å². The van der Waals surface area contributed by atoms with E-state index in [1.54, 1.807) is 13.2 Å². The molecule has 6 heteroatoms. The summed E-state index contributed by atoms with van der Waals surface area (Å²) in [4.78, 5) is 11.7. The summed E-state index contributed by atoms with van der Waals surface area (Å²) in [6, 6.07) is 7.28. The van der Waals surface area contributed by atoms with E-state index in [4.69, 9.17) is 16.2 Å². The Balaban J connectivity index is 2.68. The molecule has 4 N–H and O–H groups in total. The van der Waals surface area contributed by atoms with Crippen LogP contribution in [0.5, 0.6) is 5.75 Å². The van der Waals surface area contributed by atoms with Gasteiger partial charge in [0.25, 0.3) is 5.91 Å². The largest absolute Gasteiger partial charge is 0.497 e. The van der Waals surface area contributed by atoms with Crippen LogP contribution in [0.15, 0.2) is 24.3 Å². The Bertz CT molecular complexity index is 683. The highest BCUT2D eigenvalue weighted by Crippen LogP contribution is 2.30. The number of carbonyl (C=O) groups excluding carboxylic acids is 1. The number of anilines is 1. The Kier molecular flexibility index (Phi) is 3.63. The third kappa shape index (κ3) is 2.69. The maximum absolute atomic E-state index is 11.7. The number of hydrogen-bond acceptors (Lipinski definition) is 4. The van der Waals surface area contributed by atoms with Crippen LogP contribution in [0, 0.1) is 0 Å². The molecule has 1 aromatic heterocycles. The van der Waals surface area contributed by atoms with Crippen LogP contribution in [0.2, 0.25) is 0 Å². The number of aromatic nitrogens is 2. The van der Waals surface area contributed by atoms with E-state index in [2.05, 4.69) is 5.10 Å². The Labute approximate surface area is 123 Å². The summed E-state index contributed by atoms with van der Waals surface area (Å²) in [5.74, 6) is 0.340. The van der Waals surface area contributed by atoms with Crippen molar-refractivity contribution in [3.05, 3.63) is 35.5 Å². The van der Waals surface area contributed by atoms with Crippen molar-refractivity contribution in [1.82, 2.24) is 9.78 Å². The van der Waals surface area contributed by atoms with E-state index in [0.717, 1.165) is 0 Å². The molecule has 0 spiro atoms. The minimum atomic E-state index is -0.577. The zero-order valence-corrected chi connectivity index (χ0v) is 12.7. The molecule has 6 nitrogen and oxygen atoms in total. The average molecular weight is 288 g/mol. The van der Waals surface area contributed by atoms with Crippen LogP contribution in [-0.4, -0.2) is 22.8 Å². The van der Waals surface area contributed by atoms with Crippen LogP contribution in [0.3, 0.4) is 0 Å². The molecule has 1 aromatic carbocycles. The van der Waals surface area contributed by atoms with E-state index in [1.807, 2.05) is 39.0 Å². The lowest BCUT2D eigenvalue weighted by Crippen LogP contribution is -2.21. The minimum Gasteiger partial charge on any atom is -0.497 e. The van der Waals surface area contributed by atoms with Gasteiger partial charge in [-0.25, -0.2) is 4.68 Å². The Morgan fingerprint density at radius 1 is 1.33 bits per heavy atom. The second-order valence-corrected chi connectivity index (χ2v) is 5.84. The molecule has 2 aromatic rings. The van der Waals surface area contributed by atoms with Crippen LogP contribution >= 0.6 is 0 Å². The zero-order valence-electron chi connectivity index (χ0n) is 12.7. The summed E-state index contributed by atoms with van der Waals surface area (Å²) in [5, 5.41) is 4.48. The number of nitrogens with two attached hydrogens (primary N) is 2. The van der Waals surface area contributed by atoms with Crippen LogP contribution in [0.1, 0.15) is 36.8 Å². The highest BCUT2D eigenvalue weighted by atomic mass is 16.5. The Morgan fingerprint density at radius 2 is 2.00 bits per heavy atom. The fraction of sp³-hybridized carbons (Fsp3) is 0.333. The second-order valence-electron chi connectivity index (χ2n) is 5.84. The third-order valence-corrected chi connectivity index (χ3v) is 3.18. The number of methoxy groups -OCH3 is 1. The molecule has 0 aliphatic rings. The van der Waals surface area contributed by atoms with E-state index in [-0.39, 0.29) is 16.8 Å². The van der Waals surface area contributed by atoms with Crippen molar-refractivity contribution in [2.45, 2.75) is 26.2 Å². The second kappa shape index (κ2) is 5.12. The van der Waals surface area contributed by atoms with Gasteiger partial charge in [-0.15, -0.1) is 0 Å². The van der Waals surface area contributed by atoms with Gasteiger partial charge in [-0.05, 0) is 12.1 Å². The standard InChI is InChI=1S/C15H20N4O2/c1-15(2,3)12-11(14(17)20)13(16)19(18-12)9-6-5-7-10(8-9)21-4/h5-8H,16H2,1-4H3,(H2,17,20). The molecule has 21 heavy (non-hydrogen) atoms.